The third kappa shape index (κ3) is 3.34. The van der Waals surface area contributed by atoms with Crippen LogP contribution >= 0.6 is 0 Å². The predicted octanol–water partition coefficient (Wildman–Crippen LogP) is 0.479. The van der Waals surface area contributed by atoms with E-state index >= 15 is 0 Å². The number of primary amides is 1. The van der Waals surface area contributed by atoms with Crippen molar-refractivity contribution >= 4 is 17.6 Å². The molecule has 0 aliphatic rings. The van der Waals surface area contributed by atoms with Gasteiger partial charge in [-0.3, -0.25) is 0 Å². The molecular formula is C9H14N4O2. The molecule has 0 spiro atoms. The Kier molecular flexibility index (Phi) is 3.73. The zero-order valence-electron chi connectivity index (χ0n) is 8.49. The number of nitrogen functional groups attached to an aromatic ring is 1. The molecular weight excluding hydrogens is 196 g/mol. The molecule has 6 heteroatoms. The molecule has 1 heterocycles. The number of aryl methyl sites for hydroxylation is 1. The first kappa shape index (κ1) is 11.1. The van der Waals surface area contributed by atoms with E-state index in [-0.39, 0.29) is 6.61 Å². The fourth-order valence-corrected chi connectivity index (χ4v) is 1.03. The van der Waals surface area contributed by atoms with E-state index in [0.717, 1.165) is 5.56 Å². The van der Waals surface area contributed by atoms with Crippen molar-refractivity contribution in [2.75, 3.05) is 24.2 Å². The van der Waals surface area contributed by atoms with Gasteiger partial charge >= 0.3 is 6.09 Å². The third-order valence-corrected chi connectivity index (χ3v) is 1.85. The molecule has 1 aromatic rings. The zero-order valence-corrected chi connectivity index (χ0v) is 8.49. The molecule has 1 rings (SSSR count). The number of pyridine rings is 1. The highest BCUT2D eigenvalue weighted by Crippen LogP contribution is 2.17. The molecule has 1 aromatic heterocycles. The summed E-state index contributed by atoms with van der Waals surface area (Å²) < 4.78 is 4.54. The number of carbonyl (C=O) groups is 1. The number of amides is 1. The highest BCUT2D eigenvalue weighted by molar-refractivity contribution is 5.65. The van der Waals surface area contributed by atoms with Crippen LogP contribution in [0.15, 0.2) is 12.3 Å². The number of nitrogens with zero attached hydrogens (tertiary/aromatic N) is 1. The van der Waals surface area contributed by atoms with Crippen molar-refractivity contribution in [2.24, 2.45) is 5.73 Å². The van der Waals surface area contributed by atoms with Gasteiger partial charge in [0.05, 0.1) is 12.2 Å². The Morgan fingerprint density at radius 2 is 2.40 bits per heavy atom. The quantitative estimate of drug-likeness (QED) is 0.627. The van der Waals surface area contributed by atoms with Crippen LogP contribution in [-0.4, -0.2) is 24.2 Å². The predicted molar refractivity (Wildman–Crippen MR) is 57.4 cm³/mol. The van der Waals surface area contributed by atoms with Gasteiger partial charge in [0, 0.05) is 6.20 Å². The molecule has 15 heavy (non-hydrogen) atoms. The summed E-state index contributed by atoms with van der Waals surface area (Å²) in [5.41, 5.74) is 12.1. The zero-order chi connectivity index (χ0) is 11.3. The van der Waals surface area contributed by atoms with Crippen molar-refractivity contribution in [3.63, 3.8) is 0 Å². The third-order valence-electron chi connectivity index (χ3n) is 1.85. The standard InChI is InChI=1S/C9H14N4O2/c1-6-2-3-12-8(7(6)10)13-4-5-15-9(11)14/h2-3H,4-5,10H2,1H3,(H2,11,14)(H,12,13). The average molecular weight is 210 g/mol. The number of carbonyl (C=O) groups excluding carboxylic acids is 1. The largest absolute Gasteiger partial charge is 0.448 e. The Balaban J connectivity index is 2.44. The molecule has 5 N–H and O–H groups in total. The summed E-state index contributed by atoms with van der Waals surface area (Å²) in [7, 11) is 0. The second kappa shape index (κ2) is 5.04. The van der Waals surface area contributed by atoms with E-state index in [1.807, 2.05) is 13.0 Å². The summed E-state index contributed by atoms with van der Waals surface area (Å²) in [6, 6.07) is 1.82. The van der Waals surface area contributed by atoms with E-state index in [2.05, 4.69) is 15.0 Å². The van der Waals surface area contributed by atoms with Crippen LogP contribution in [0.5, 0.6) is 0 Å². The number of anilines is 2. The lowest BCUT2D eigenvalue weighted by atomic mass is 10.2. The number of aromatic nitrogens is 1. The van der Waals surface area contributed by atoms with E-state index in [1.54, 1.807) is 6.20 Å². The van der Waals surface area contributed by atoms with Crippen LogP contribution < -0.4 is 16.8 Å². The number of nitrogens with one attached hydrogen (secondary N) is 1. The lowest BCUT2D eigenvalue weighted by Gasteiger charge is -2.09. The van der Waals surface area contributed by atoms with Gasteiger partial charge in [-0.1, -0.05) is 0 Å². The number of rotatable bonds is 4. The summed E-state index contributed by atoms with van der Waals surface area (Å²) >= 11 is 0. The van der Waals surface area contributed by atoms with E-state index in [1.165, 1.54) is 0 Å². The molecule has 0 aliphatic carbocycles. The summed E-state index contributed by atoms with van der Waals surface area (Å²) in [5.74, 6) is 0.586. The average Bonchev–Trinajstić information content (AvgIpc) is 2.18. The van der Waals surface area contributed by atoms with Crippen LogP contribution in [0.1, 0.15) is 5.56 Å². The van der Waals surface area contributed by atoms with Gasteiger partial charge < -0.3 is 21.5 Å². The van der Waals surface area contributed by atoms with E-state index in [0.29, 0.717) is 18.1 Å². The van der Waals surface area contributed by atoms with Gasteiger partial charge in [-0.05, 0) is 18.6 Å². The molecule has 0 saturated heterocycles. The van der Waals surface area contributed by atoms with Gasteiger partial charge in [-0.25, -0.2) is 9.78 Å². The first-order chi connectivity index (χ1) is 7.11. The summed E-state index contributed by atoms with van der Waals surface area (Å²) in [6.07, 6.45) is 0.866. The second-order valence-electron chi connectivity index (χ2n) is 2.98. The first-order valence-corrected chi connectivity index (χ1v) is 4.48. The SMILES string of the molecule is Cc1ccnc(NCCOC(N)=O)c1N. The Morgan fingerprint density at radius 1 is 1.67 bits per heavy atom. The van der Waals surface area contributed by atoms with Gasteiger partial charge in [-0.2, -0.15) is 0 Å². The maximum Gasteiger partial charge on any atom is 0.404 e. The number of hydrogen-bond donors (Lipinski definition) is 3. The molecule has 0 bridgehead atoms. The molecule has 82 valence electrons. The van der Waals surface area contributed by atoms with Gasteiger partial charge in [0.2, 0.25) is 0 Å². The molecule has 0 aliphatic heterocycles. The highest BCUT2D eigenvalue weighted by atomic mass is 16.5. The van der Waals surface area contributed by atoms with Crippen LogP contribution in [0.4, 0.5) is 16.3 Å². The lowest BCUT2D eigenvalue weighted by Crippen LogP contribution is -2.19. The Bertz CT molecular complexity index is 354. The molecule has 1 amide bonds. The van der Waals surface area contributed by atoms with Crippen LogP contribution in [0, 0.1) is 6.92 Å². The summed E-state index contributed by atoms with van der Waals surface area (Å²) in [6.45, 7) is 2.50. The van der Waals surface area contributed by atoms with Crippen molar-refractivity contribution in [1.82, 2.24) is 4.98 Å². The highest BCUT2D eigenvalue weighted by Gasteiger charge is 2.02. The molecule has 6 nitrogen and oxygen atoms in total. The van der Waals surface area contributed by atoms with E-state index in [9.17, 15) is 4.79 Å². The van der Waals surface area contributed by atoms with Crippen molar-refractivity contribution in [3.05, 3.63) is 17.8 Å². The van der Waals surface area contributed by atoms with Crippen LogP contribution in [-0.2, 0) is 4.74 Å². The van der Waals surface area contributed by atoms with Crippen molar-refractivity contribution in [3.8, 4) is 0 Å². The van der Waals surface area contributed by atoms with E-state index < -0.39 is 6.09 Å². The van der Waals surface area contributed by atoms with Crippen LogP contribution in [0.3, 0.4) is 0 Å². The Labute approximate surface area is 87.6 Å². The Morgan fingerprint density at radius 3 is 3.07 bits per heavy atom. The molecule has 0 unspecified atom stereocenters. The van der Waals surface area contributed by atoms with E-state index in [4.69, 9.17) is 11.5 Å². The van der Waals surface area contributed by atoms with Crippen molar-refractivity contribution < 1.29 is 9.53 Å². The second-order valence-corrected chi connectivity index (χ2v) is 2.98. The van der Waals surface area contributed by atoms with Gasteiger partial charge in [0.25, 0.3) is 0 Å². The maximum absolute atomic E-state index is 10.3. The topological polar surface area (TPSA) is 103 Å². The van der Waals surface area contributed by atoms with Gasteiger partial charge in [0.1, 0.15) is 12.4 Å². The fourth-order valence-electron chi connectivity index (χ4n) is 1.03. The lowest BCUT2D eigenvalue weighted by molar-refractivity contribution is 0.161. The van der Waals surface area contributed by atoms with Crippen LogP contribution in [0.25, 0.3) is 0 Å². The number of hydrogen-bond acceptors (Lipinski definition) is 5. The smallest absolute Gasteiger partial charge is 0.404 e. The fraction of sp³-hybridized carbons (Fsp3) is 0.333. The van der Waals surface area contributed by atoms with Crippen molar-refractivity contribution in [1.29, 1.82) is 0 Å². The first-order valence-electron chi connectivity index (χ1n) is 4.48. The number of nitrogens with two attached hydrogens (primary N) is 2. The Hall–Kier alpha value is -1.98. The number of ether oxygens (including phenoxy) is 1. The van der Waals surface area contributed by atoms with Crippen LogP contribution in [0.2, 0.25) is 0 Å². The minimum atomic E-state index is -0.790. The summed E-state index contributed by atoms with van der Waals surface area (Å²) in [5, 5.41) is 2.94. The minimum Gasteiger partial charge on any atom is -0.448 e. The molecule has 0 radical (unpaired) electrons. The monoisotopic (exact) mass is 210 g/mol. The molecule has 0 fully saturated rings. The maximum atomic E-state index is 10.3. The van der Waals surface area contributed by atoms with Gasteiger partial charge in [-0.15, -0.1) is 0 Å². The molecule has 0 atom stereocenters. The molecule has 0 saturated carbocycles. The normalized spacial score (nSPS) is 9.67. The molecule has 0 aromatic carbocycles. The summed E-state index contributed by atoms with van der Waals surface area (Å²) in [4.78, 5) is 14.3. The van der Waals surface area contributed by atoms with Crippen molar-refractivity contribution in [2.45, 2.75) is 6.92 Å². The minimum absolute atomic E-state index is 0.185. The van der Waals surface area contributed by atoms with Gasteiger partial charge in [0.15, 0.2) is 0 Å².